The SMILES string of the molecule is NC(=O)N1CCC(n2cccc2)CC1. The smallest absolute Gasteiger partial charge is 0.314 e. The third-order valence-corrected chi connectivity index (χ3v) is 2.83. The van der Waals surface area contributed by atoms with E-state index in [2.05, 4.69) is 17.0 Å². The first kappa shape index (κ1) is 9.12. The molecule has 0 spiro atoms. The lowest BCUT2D eigenvalue weighted by Gasteiger charge is -2.31. The molecule has 2 rings (SSSR count). The maximum Gasteiger partial charge on any atom is 0.314 e. The Labute approximate surface area is 83.3 Å². The molecule has 14 heavy (non-hydrogen) atoms. The molecule has 0 unspecified atom stereocenters. The van der Waals surface area contributed by atoms with Crippen LogP contribution in [-0.4, -0.2) is 28.6 Å². The first-order chi connectivity index (χ1) is 6.77. The minimum atomic E-state index is -0.295. The quantitative estimate of drug-likeness (QED) is 0.716. The molecule has 2 amide bonds. The van der Waals surface area contributed by atoms with Crippen LogP contribution in [0, 0.1) is 0 Å². The molecule has 2 heterocycles. The number of aromatic nitrogens is 1. The Morgan fingerprint density at radius 1 is 1.21 bits per heavy atom. The Balaban J connectivity index is 1.93. The number of carbonyl (C=O) groups excluding carboxylic acids is 1. The highest BCUT2D eigenvalue weighted by atomic mass is 16.2. The summed E-state index contributed by atoms with van der Waals surface area (Å²) in [5.74, 6) is 0. The number of piperidine rings is 1. The van der Waals surface area contributed by atoms with Crippen LogP contribution in [0.3, 0.4) is 0 Å². The summed E-state index contributed by atoms with van der Waals surface area (Å²) in [5.41, 5.74) is 5.21. The van der Waals surface area contributed by atoms with Crippen molar-refractivity contribution in [1.29, 1.82) is 0 Å². The highest BCUT2D eigenvalue weighted by Gasteiger charge is 2.21. The number of nitrogens with zero attached hydrogens (tertiary/aromatic N) is 2. The Morgan fingerprint density at radius 2 is 1.79 bits per heavy atom. The third kappa shape index (κ3) is 1.73. The van der Waals surface area contributed by atoms with Crippen LogP contribution < -0.4 is 5.73 Å². The average Bonchev–Trinajstić information content (AvgIpc) is 2.71. The molecular weight excluding hydrogens is 178 g/mol. The van der Waals surface area contributed by atoms with Crippen molar-refractivity contribution in [3.05, 3.63) is 24.5 Å². The number of rotatable bonds is 1. The van der Waals surface area contributed by atoms with E-state index in [0.717, 1.165) is 25.9 Å². The van der Waals surface area contributed by atoms with Gasteiger partial charge in [0.2, 0.25) is 0 Å². The number of hydrogen-bond acceptors (Lipinski definition) is 1. The van der Waals surface area contributed by atoms with Crippen molar-refractivity contribution < 1.29 is 4.79 Å². The van der Waals surface area contributed by atoms with Gasteiger partial charge in [-0.15, -0.1) is 0 Å². The summed E-state index contributed by atoms with van der Waals surface area (Å²) in [6.45, 7) is 1.55. The van der Waals surface area contributed by atoms with Gasteiger partial charge in [0.25, 0.3) is 0 Å². The van der Waals surface area contributed by atoms with E-state index in [9.17, 15) is 4.79 Å². The van der Waals surface area contributed by atoms with Crippen LogP contribution in [0.1, 0.15) is 18.9 Å². The van der Waals surface area contributed by atoms with Gasteiger partial charge in [-0.3, -0.25) is 0 Å². The Bertz CT molecular complexity index is 299. The topological polar surface area (TPSA) is 51.3 Å². The molecule has 0 aliphatic carbocycles. The summed E-state index contributed by atoms with van der Waals surface area (Å²) in [7, 11) is 0. The largest absolute Gasteiger partial charge is 0.351 e. The lowest BCUT2D eigenvalue weighted by molar-refractivity contribution is 0.180. The molecule has 4 heteroatoms. The first-order valence-corrected chi connectivity index (χ1v) is 4.94. The zero-order valence-electron chi connectivity index (χ0n) is 8.10. The predicted molar refractivity (Wildman–Crippen MR) is 53.9 cm³/mol. The van der Waals surface area contributed by atoms with Crippen LogP contribution in [0.4, 0.5) is 4.79 Å². The second kappa shape index (κ2) is 3.74. The van der Waals surface area contributed by atoms with Crippen molar-refractivity contribution in [3.8, 4) is 0 Å². The van der Waals surface area contributed by atoms with Crippen molar-refractivity contribution in [3.63, 3.8) is 0 Å². The summed E-state index contributed by atoms with van der Waals surface area (Å²) < 4.78 is 2.21. The van der Waals surface area contributed by atoms with Gasteiger partial charge >= 0.3 is 6.03 Å². The van der Waals surface area contributed by atoms with Gasteiger partial charge in [-0.05, 0) is 25.0 Å². The van der Waals surface area contributed by atoms with Crippen molar-refractivity contribution in [2.45, 2.75) is 18.9 Å². The van der Waals surface area contributed by atoms with Gasteiger partial charge in [0, 0.05) is 31.5 Å². The lowest BCUT2D eigenvalue weighted by atomic mass is 10.1. The van der Waals surface area contributed by atoms with Gasteiger partial charge < -0.3 is 15.2 Å². The van der Waals surface area contributed by atoms with E-state index in [-0.39, 0.29) is 6.03 Å². The number of primary amides is 1. The van der Waals surface area contributed by atoms with E-state index >= 15 is 0 Å². The first-order valence-electron chi connectivity index (χ1n) is 4.94. The minimum absolute atomic E-state index is 0.295. The summed E-state index contributed by atoms with van der Waals surface area (Å²) in [6, 6.07) is 4.29. The molecule has 1 aromatic rings. The highest BCUT2D eigenvalue weighted by Crippen LogP contribution is 2.21. The van der Waals surface area contributed by atoms with E-state index in [1.54, 1.807) is 4.90 Å². The molecule has 1 aliphatic rings. The van der Waals surface area contributed by atoms with Crippen LogP contribution in [0.25, 0.3) is 0 Å². The Morgan fingerprint density at radius 3 is 2.29 bits per heavy atom. The zero-order valence-corrected chi connectivity index (χ0v) is 8.10. The number of nitrogens with two attached hydrogens (primary N) is 1. The van der Waals surface area contributed by atoms with Crippen molar-refractivity contribution in [1.82, 2.24) is 9.47 Å². The number of likely N-dealkylation sites (tertiary alicyclic amines) is 1. The van der Waals surface area contributed by atoms with Gasteiger partial charge in [0.05, 0.1) is 0 Å². The Hall–Kier alpha value is -1.45. The van der Waals surface area contributed by atoms with Crippen LogP contribution >= 0.6 is 0 Å². The summed E-state index contributed by atoms with van der Waals surface area (Å²) in [5, 5.41) is 0. The molecule has 1 aliphatic heterocycles. The fourth-order valence-electron chi connectivity index (χ4n) is 1.98. The number of hydrogen-bond donors (Lipinski definition) is 1. The van der Waals surface area contributed by atoms with E-state index in [0.29, 0.717) is 6.04 Å². The molecule has 1 aromatic heterocycles. The number of urea groups is 1. The standard InChI is InChI=1S/C10H15N3O/c11-10(14)13-7-3-9(4-8-13)12-5-1-2-6-12/h1-2,5-6,9H,3-4,7-8H2,(H2,11,14). The van der Waals surface area contributed by atoms with E-state index < -0.39 is 0 Å². The number of amides is 2. The minimum Gasteiger partial charge on any atom is -0.351 e. The second-order valence-corrected chi connectivity index (χ2v) is 3.69. The molecule has 76 valence electrons. The van der Waals surface area contributed by atoms with E-state index in [1.165, 1.54) is 0 Å². The molecule has 1 fully saturated rings. The van der Waals surface area contributed by atoms with Gasteiger partial charge in [0.15, 0.2) is 0 Å². The molecule has 1 saturated heterocycles. The van der Waals surface area contributed by atoms with Gasteiger partial charge in [0.1, 0.15) is 0 Å². The predicted octanol–water partition coefficient (Wildman–Crippen LogP) is 1.20. The van der Waals surface area contributed by atoms with Gasteiger partial charge in [-0.25, -0.2) is 4.79 Å². The summed E-state index contributed by atoms with van der Waals surface area (Å²) in [6.07, 6.45) is 6.14. The molecule has 0 radical (unpaired) electrons. The maximum atomic E-state index is 10.9. The molecule has 0 atom stereocenters. The van der Waals surface area contributed by atoms with Crippen LogP contribution in [0.5, 0.6) is 0 Å². The molecule has 0 saturated carbocycles. The lowest BCUT2D eigenvalue weighted by Crippen LogP contribution is -2.41. The molecule has 0 aromatic carbocycles. The second-order valence-electron chi connectivity index (χ2n) is 3.69. The maximum absolute atomic E-state index is 10.9. The Kier molecular flexibility index (Phi) is 2.43. The third-order valence-electron chi connectivity index (χ3n) is 2.83. The summed E-state index contributed by atoms with van der Waals surface area (Å²) in [4.78, 5) is 12.6. The van der Waals surface area contributed by atoms with Crippen molar-refractivity contribution >= 4 is 6.03 Å². The zero-order chi connectivity index (χ0) is 9.97. The van der Waals surface area contributed by atoms with Gasteiger partial charge in [-0.1, -0.05) is 0 Å². The van der Waals surface area contributed by atoms with E-state index in [4.69, 9.17) is 5.73 Å². The van der Waals surface area contributed by atoms with E-state index in [1.807, 2.05) is 12.1 Å². The van der Waals surface area contributed by atoms with Crippen molar-refractivity contribution in [2.24, 2.45) is 5.73 Å². The molecular formula is C10H15N3O. The monoisotopic (exact) mass is 193 g/mol. The fourth-order valence-corrected chi connectivity index (χ4v) is 1.98. The average molecular weight is 193 g/mol. The normalized spacial score (nSPS) is 18.4. The molecule has 4 nitrogen and oxygen atoms in total. The van der Waals surface area contributed by atoms with Crippen LogP contribution in [0.2, 0.25) is 0 Å². The molecule has 2 N–H and O–H groups in total. The number of carbonyl (C=O) groups is 1. The summed E-state index contributed by atoms with van der Waals surface area (Å²) >= 11 is 0. The molecule has 0 bridgehead atoms. The fraction of sp³-hybridized carbons (Fsp3) is 0.500. The van der Waals surface area contributed by atoms with Crippen molar-refractivity contribution in [2.75, 3.05) is 13.1 Å². The van der Waals surface area contributed by atoms with Crippen LogP contribution in [-0.2, 0) is 0 Å². The highest BCUT2D eigenvalue weighted by molar-refractivity contribution is 5.72. The van der Waals surface area contributed by atoms with Gasteiger partial charge in [-0.2, -0.15) is 0 Å². The van der Waals surface area contributed by atoms with Crippen LogP contribution in [0.15, 0.2) is 24.5 Å².